The first-order chi connectivity index (χ1) is 9.70. The fraction of sp³-hybridized carbons (Fsp3) is 0.400. The van der Waals surface area contributed by atoms with Crippen LogP contribution in [0.15, 0.2) is 24.3 Å². The molecule has 1 N–H and O–H groups in total. The molecule has 21 heavy (non-hydrogen) atoms. The van der Waals surface area contributed by atoms with E-state index in [0.29, 0.717) is 5.56 Å². The van der Waals surface area contributed by atoms with E-state index < -0.39 is 17.8 Å². The molecule has 3 nitrogen and oxygen atoms in total. The molecule has 0 bridgehead atoms. The van der Waals surface area contributed by atoms with E-state index in [0.717, 1.165) is 29.1 Å². The van der Waals surface area contributed by atoms with Crippen molar-refractivity contribution < 1.29 is 18.3 Å². The van der Waals surface area contributed by atoms with Crippen LogP contribution in [0.4, 0.5) is 13.2 Å². The molecule has 0 fully saturated rings. The van der Waals surface area contributed by atoms with Gasteiger partial charge in [-0.05, 0) is 31.5 Å². The number of aliphatic hydroxyl groups is 1. The minimum Gasteiger partial charge on any atom is -0.388 e. The highest BCUT2D eigenvalue weighted by atomic mass is 19.4. The second-order valence-electron chi connectivity index (χ2n) is 5.12. The smallest absolute Gasteiger partial charge is 0.388 e. The van der Waals surface area contributed by atoms with Crippen LogP contribution in [0.25, 0.3) is 0 Å². The van der Waals surface area contributed by atoms with Crippen LogP contribution in [0.3, 0.4) is 0 Å². The summed E-state index contributed by atoms with van der Waals surface area (Å²) < 4.78 is 39.2. The van der Waals surface area contributed by atoms with Gasteiger partial charge in [0.2, 0.25) is 0 Å². The van der Waals surface area contributed by atoms with Crippen molar-refractivity contribution in [3.63, 3.8) is 0 Å². The van der Waals surface area contributed by atoms with Gasteiger partial charge in [0.05, 0.1) is 17.4 Å². The quantitative estimate of drug-likeness (QED) is 0.944. The molecule has 0 amide bonds. The van der Waals surface area contributed by atoms with Crippen molar-refractivity contribution in [2.75, 3.05) is 0 Å². The number of rotatable bonds is 3. The van der Waals surface area contributed by atoms with Crippen LogP contribution in [0.2, 0.25) is 0 Å². The van der Waals surface area contributed by atoms with Gasteiger partial charge in [-0.3, -0.25) is 4.68 Å². The summed E-state index contributed by atoms with van der Waals surface area (Å²) in [6.07, 6.45) is -4.87. The summed E-state index contributed by atoms with van der Waals surface area (Å²) in [5, 5.41) is 14.5. The van der Waals surface area contributed by atoms with Crippen LogP contribution in [0, 0.1) is 13.8 Å². The molecule has 1 atom stereocenters. The highest BCUT2D eigenvalue weighted by Crippen LogP contribution is 2.30. The molecule has 2 aromatic rings. The van der Waals surface area contributed by atoms with Gasteiger partial charge in [-0.15, -0.1) is 0 Å². The molecular weight excluding hydrogens is 281 g/mol. The Kier molecular flexibility index (Phi) is 4.09. The Morgan fingerprint density at radius 2 is 1.76 bits per heavy atom. The van der Waals surface area contributed by atoms with Gasteiger partial charge in [0.15, 0.2) is 0 Å². The SMILES string of the molecule is Cc1nn(C)c(C)c1C(O)Cc1ccc(C(F)(F)F)cc1. The number of halogens is 3. The van der Waals surface area contributed by atoms with E-state index in [-0.39, 0.29) is 6.42 Å². The van der Waals surface area contributed by atoms with Crippen molar-refractivity contribution >= 4 is 0 Å². The van der Waals surface area contributed by atoms with Gasteiger partial charge >= 0.3 is 6.18 Å². The average Bonchev–Trinajstić information content (AvgIpc) is 2.62. The Morgan fingerprint density at radius 1 is 1.19 bits per heavy atom. The molecule has 114 valence electrons. The van der Waals surface area contributed by atoms with Gasteiger partial charge < -0.3 is 5.11 Å². The van der Waals surface area contributed by atoms with Crippen molar-refractivity contribution in [1.29, 1.82) is 0 Å². The van der Waals surface area contributed by atoms with Crippen LogP contribution < -0.4 is 0 Å². The van der Waals surface area contributed by atoms with Crippen molar-refractivity contribution in [2.24, 2.45) is 7.05 Å². The summed E-state index contributed by atoms with van der Waals surface area (Å²) >= 11 is 0. The third kappa shape index (κ3) is 3.26. The first-order valence-electron chi connectivity index (χ1n) is 6.54. The Balaban J connectivity index is 2.18. The lowest BCUT2D eigenvalue weighted by molar-refractivity contribution is -0.137. The van der Waals surface area contributed by atoms with Gasteiger partial charge in [0.1, 0.15) is 0 Å². The number of hydrogen-bond donors (Lipinski definition) is 1. The van der Waals surface area contributed by atoms with Crippen molar-refractivity contribution in [3.8, 4) is 0 Å². The molecule has 0 aliphatic rings. The average molecular weight is 298 g/mol. The molecule has 1 aromatic carbocycles. The predicted molar refractivity (Wildman–Crippen MR) is 72.8 cm³/mol. The molecule has 1 aromatic heterocycles. The van der Waals surface area contributed by atoms with Gasteiger partial charge in [0.25, 0.3) is 0 Å². The van der Waals surface area contributed by atoms with E-state index in [1.165, 1.54) is 12.1 Å². The van der Waals surface area contributed by atoms with Crippen LogP contribution in [-0.2, 0) is 19.6 Å². The number of alkyl halides is 3. The molecule has 1 heterocycles. The summed E-state index contributed by atoms with van der Waals surface area (Å²) in [7, 11) is 1.79. The lowest BCUT2D eigenvalue weighted by Crippen LogP contribution is -2.07. The highest BCUT2D eigenvalue weighted by Gasteiger charge is 2.30. The molecule has 0 spiro atoms. The van der Waals surface area contributed by atoms with E-state index in [2.05, 4.69) is 5.10 Å². The first kappa shape index (κ1) is 15.6. The first-order valence-corrected chi connectivity index (χ1v) is 6.54. The third-order valence-electron chi connectivity index (χ3n) is 3.61. The molecule has 0 radical (unpaired) electrons. The zero-order valence-electron chi connectivity index (χ0n) is 12.1. The Labute approximate surface area is 121 Å². The topological polar surface area (TPSA) is 38.0 Å². The Hall–Kier alpha value is -1.82. The fourth-order valence-electron chi connectivity index (χ4n) is 2.43. The monoisotopic (exact) mass is 298 g/mol. The number of aryl methyl sites for hydroxylation is 2. The van der Waals surface area contributed by atoms with Gasteiger partial charge in [-0.25, -0.2) is 0 Å². The summed E-state index contributed by atoms with van der Waals surface area (Å²) in [5.41, 5.74) is 2.28. The standard InChI is InChI=1S/C15H17F3N2O/c1-9-14(10(2)20(3)19-9)13(21)8-11-4-6-12(7-5-11)15(16,17)18/h4-7,13,21H,8H2,1-3H3. The number of benzene rings is 1. The number of hydrogen-bond acceptors (Lipinski definition) is 2. The lowest BCUT2D eigenvalue weighted by atomic mass is 9.99. The van der Waals surface area contributed by atoms with E-state index in [1.54, 1.807) is 18.7 Å². The summed E-state index contributed by atoms with van der Waals surface area (Å²) in [4.78, 5) is 0. The predicted octanol–water partition coefficient (Wildman–Crippen LogP) is 3.33. The Morgan fingerprint density at radius 3 is 2.19 bits per heavy atom. The summed E-state index contributed by atoms with van der Waals surface area (Å²) in [6.45, 7) is 3.66. The molecule has 0 aliphatic heterocycles. The minimum atomic E-state index is -4.34. The van der Waals surface area contributed by atoms with Gasteiger partial charge in [-0.1, -0.05) is 12.1 Å². The number of nitrogens with zero attached hydrogens (tertiary/aromatic N) is 2. The van der Waals surface area contributed by atoms with E-state index >= 15 is 0 Å². The maximum atomic E-state index is 12.5. The molecular formula is C15H17F3N2O. The maximum absolute atomic E-state index is 12.5. The van der Waals surface area contributed by atoms with E-state index in [9.17, 15) is 18.3 Å². The van der Waals surface area contributed by atoms with Crippen molar-refractivity contribution in [2.45, 2.75) is 32.5 Å². The fourth-order valence-corrected chi connectivity index (χ4v) is 2.43. The van der Waals surface area contributed by atoms with E-state index in [1.807, 2.05) is 6.92 Å². The van der Waals surface area contributed by atoms with Gasteiger partial charge in [-0.2, -0.15) is 18.3 Å². The van der Waals surface area contributed by atoms with E-state index in [4.69, 9.17) is 0 Å². The molecule has 6 heteroatoms. The Bertz CT molecular complexity index is 630. The van der Waals surface area contributed by atoms with Crippen molar-refractivity contribution in [1.82, 2.24) is 9.78 Å². The number of aromatic nitrogens is 2. The van der Waals surface area contributed by atoms with Crippen LogP contribution in [0.1, 0.15) is 34.2 Å². The normalized spacial score (nSPS) is 13.5. The third-order valence-corrected chi connectivity index (χ3v) is 3.61. The zero-order chi connectivity index (χ0) is 15.8. The molecule has 2 rings (SSSR count). The second-order valence-corrected chi connectivity index (χ2v) is 5.12. The summed E-state index contributed by atoms with van der Waals surface area (Å²) in [5.74, 6) is 0. The minimum absolute atomic E-state index is 0.255. The van der Waals surface area contributed by atoms with Crippen LogP contribution in [0.5, 0.6) is 0 Å². The molecule has 0 saturated carbocycles. The van der Waals surface area contributed by atoms with Gasteiger partial charge in [0, 0.05) is 24.7 Å². The maximum Gasteiger partial charge on any atom is 0.416 e. The molecule has 0 aliphatic carbocycles. The van der Waals surface area contributed by atoms with Crippen molar-refractivity contribution in [3.05, 3.63) is 52.3 Å². The van der Waals surface area contributed by atoms with Crippen LogP contribution >= 0.6 is 0 Å². The number of aliphatic hydroxyl groups excluding tert-OH is 1. The molecule has 0 saturated heterocycles. The largest absolute Gasteiger partial charge is 0.416 e. The highest BCUT2D eigenvalue weighted by molar-refractivity contribution is 5.30. The molecule has 1 unspecified atom stereocenters. The lowest BCUT2D eigenvalue weighted by Gasteiger charge is -2.13. The zero-order valence-corrected chi connectivity index (χ0v) is 12.1. The second kappa shape index (κ2) is 5.52. The van der Waals surface area contributed by atoms with Crippen LogP contribution in [-0.4, -0.2) is 14.9 Å². The summed E-state index contributed by atoms with van der Waals surface area (Å²) in [6, 6.07) is 4.86.